The molecule has 2 aromatic rings. The Morgan fingerprint density at radius 1 is 1.33 bits per heavy atom. The summed E-state index contributed by atoms with van der Waals surface area (Å²) in [6.07, 6.45) is 1.06. The molecule has 0 radical (unpaired) electrons. The Labute approximate surface area is 117 Å². The van der Waals surface area contributed by atoms with Crippen LogP contribution in [0.3, 0.4) is 0 Å². The topological polar surface area (TPSA) is 25.2 Å². The molecule has 3 heteroatoms. The number of fused-ring (bicyclic) bond motifs is 1. The molecule has 1 aromatic carbocycles. The van der Waals surface area contributed by atoms with E-state index in [9.17, 15) is 0 Å². The maximum atomic E-state index is 6.04. The SMILES string of the molecule is CNCc1oc2c(C)cc(Br)cc2c1CC(C)C. The van der Waals surface area contributed by atoms with Crippen LogP contribution >= 0.6 is 15.9 Å². The average molecular weight is 310 g/mol. The Hall–Kier alpha value is -0.800. The molecule has 0 saturated heterocycles. The largest absolute Gasteiger partial charge is 0.459 e. The number of benzene rings is 1. The zero-order chi connectivity index (χ0) is 13.3. The molecule has 1 N–H and O–H groups in total. The second-order valence-electron chi connectivity index (χ2n) is 5.23. The zero-order valence-corrected chi connectivity index (χ0v) is 13.0. The second kappa shape index (κ2) is 5.45. The van der Waals surface area contributed by atoms with Gasteiger partial charge < -0.3 is 9.73 Å². The number of nitrogens with one attached hydrogen (secondary N) is 1. The van der Waals surface area contributed by atoms with Crippen molar-refractivity contribution in [1.29, 1.82) is 0 Å². The van der Waals surface area contributed by atoms with E-state index in [1.54, 1.807) is 0 Å². The van der Waals surface area contributed by atoms with Crippen LogP contribution in [-0.4, -0.2) is 7.05 Å². The van der Waals surface area contributed by atoms with Crippen LogP contribution in [0.1, 0.15) is 30.7 Å². The van der Waals surface area contributed by atoms with E-state index in [1.165, 1.54) is 16.5 Å². The van der Waals surface area contributed by atoms with Gasteiger partial charge in [0, 0.05) is 15.4 Å². The molecule has 0 saturated carbocycles. The van der Waals surface area contributed by atoms with Gasteiger partial charge in [0.05, 0.1) is 6.54 Å². The van der Waals surface area contributed by atoms with Gasteiger partial charge >= 0.3 is 0 Å². The smallest absolute Gasteiger partial charge is 0.137 e. The fraction of sp³-hybridized carbons (Fsp3) is 0.467. The Kier molecular flexibility index (Phi) is 4.13. The van der Waals surface area contributed by atoms with E-state index >= 15 is 0 Å². The lowest BCUT2D eigenvalue weighted by Crippen LogP contribution is -2.07. The molecule has 2 nitrogen and oxygen atoms in total. The first-order valence-corrected chi connectivity index (χ1v) is 7.17. The van der Waals surface area contributed by atoms with E-state index in [4.69, 9.17) is 4.42 Å². The molecule has 0 aliphatic heterocycles. The van der Waals surface area contributed by atoms with Gasteiger partial charge in [0.15, 0.2) is 0 Å². The van der Waals surface area contributed by atoms with Crippen LogP contribution in [0.4, 0.5) is 0 Å². The number of aryl methyl sites for hydroxylation is 1. The van der Waals surface area contributed by atoms with Gasteiger partial charge in [0.1, 0.15) is 11.3 Å². The van der Waals surface area contributed by atoms with Gasteiger partial charge in [-0.05, 0) is 44.0 Å². The van der Waals surface area contributed by atoms with Gasteiger partial charge in [-0.25, -0.2) is 0 Å². The molecule has 0 fully saturated rings. The first-order valence-electron chi connectivity index (χ1n) is 6.38. The number of hydrogen-bond donors (Lipinski definition) is 1. The predicted octanol–water partition coefficient (Wildman–Crippen LogP) is 4.42. The molecular formula is C15H20BrNO. The second-order valence-corrected chi connectivity index (χ2v) is 6.15. The summed E-state index contributed by atoms with van der Waals surface area (Å²) in [5.74, 6) is 1.70. The van der Waals surface area contributed by atoms with Crippen molar-refractivity contribution in [3.8, 4) is 0 Å². The van der Waals surface area contributed by atoms with Gasteiger partial charge in [0.25, 0.3) is 0 Å². The summed E-state index contributed by atoms with van der Waals surface area (Å²) in [6, 6.07) is 4.27. The summed E-state index contributed by atoms with van der Waals surface area (Å²) in [4.78, 5) is 0. The Bertz CT molecular complexity index is 557. The van der Waals surface area contributed by atoms with Gasteiger partial charge in [-0.1, -0.05) is 29.8 Å². The number of rotatable bonds is 4. The summed E-state index contributed by atoms with van der Waals surface area (Å²) in [6.45, 7) is 7.37. The van der Waals surface area contributed by atoms with Crippen molar-refractivity contribution in [2.24, 2.45) is 5.92 Å². The molecule has 1 heterocycles. The quantitative estimate of drug-likeness (QED) is 0.904. The monoisotopic (exact) mass is 309 g/mol. The summed E-state index contributed by atoms with van der Waals surface area (Å²) in [5, 5.41) is 4.44. The minimum absolute atomic E-state index is 0.626. The van der Waals surface area contributed by atoms with Crippen molar-refractivity contribution in [1.82, 2.24) is 5.32 Å². The molecular weight excluding hydrogens is 290 g/mol. The van der Waals surface area contributed by atoms with Gasteiger partial charge in [0.2, 0.25) is 0 Å². The molecule has 18 heavy (non-hydrogen) atoms. The lowest BCUT2D eigenvalue weighted by molar-refractivity contribution is 0.514. The molecule has 2 rings (SSSR count). The van der Waals surface area contributed by atoms with E-state index in [0.717, 1.165) is 28.8 Å². The van der Waals surface area contributed by atoms with Crippen molar-refractivity contribution in [3.63, 3.8) is 0 Å². The Morgan fingerprint density at radius 2 is 2.06 bits per heavy atom. The van der Waals surface area contributed by atoms with Crippen LogP contribution in [0.25, 0.3) is 11.0 Å². The molecule has 0 spiro atoms. The van der Waals surface area contributed by atoms with Crippen LogP contribution in [0.5, 0.6) is 0 Å². The molecule has 0 bridgehead atoms. The molecule has 0 aliphatic carbocycles. The van der Waals surface area contributed by atoms with Crippen LogP contribution < -0.4 is 5.32 Å². The standard InChI is InChI=1S/C15H20BrNO/c1-9(2)5-12-13-7-11(16)6-10(3)15(13)18-14(12)8-17-4/h6-7,9,17H,5,8H2,1-4H3. The normalized spacial score (nSPS) is 11.7. The molecule has 0 amide bonds. The predicted molar refractivity (Wildman–Crippen MR) is 80.0 cm³/mol. The summed E-state index contributed by atoms with van der Waals surface area (Å²) < 4.78 is 7.16. The summed E-state index contributed by atoms with van der Waals surface area (Å²) in [7, 11) is 1.95. The van der Waals surface area contributed by atoms with Crippen LogP contribution in [-0.2, 0) is 13.0 Å². The first-order chi connectivity index (χ1) is 8.52. The zero-order valence-electron chi connectivity index (χ0n) is 11.4. The van der Waals surface area contributed by atoms with E-state index in [0.29, 0.717) is 5.92 Å². The number of halogens is 1. The lowest BCUT2D eigenvalue weighted by Gasteiger charge is -2.06. The van der Waals surface area contributed by atoms with Crippen LogP contribution in [0.15, 0.2) is 21.0 Å². The van der Waals surface area contributed by atoms with E-state index < -0.39 is 0 Å². The highest BCUT2D eigenvalue weighted by molar-refractivity contribution is 9.10. The third-order valence-corrected chi connectivity index (χ3v) is 3.53. The van der Waals surface area contributed by atoms with Crippen molar-refractivity contribution in [2.75, 3.05) is 7.05 Å². The minimum Gasteiger partial charge on any atom is -0.459 e. The first kappa shape index (κ1) is 13.6. The highest BCUT2D eigenvalue weighted by atomic mass is 79.9. The van der Waals surface area contributed by atoms with E-state index in [-0.39, 0.29) is 0 Å². The van der Waals surface area contributed by atoms with Gasteiger partial charge in [-0.15, -0.1) is 0 Å². The van der Waals surface area contributed by atoms with Crippen LogP contribution in [0, 0.1) is 12.8 Å². The fourth-order valence-electron chi connectivity index (χ4n) is 2.36. The van der Waals surface area contributed by atoms with Gasteiger partial charge in [-0.3, -0.25) is 0 Å². The van der Waals surface area contributed by atoms with E-state index in [2.05, 4.69) is 54.2 Å². The van der Waals surface area contributed by atoms with Crippen molar-refractivity contribution in [3.05, 3.63) is 33.5 Å². The van der Waals surface area contributed by atoms with Crippen molar-refractivity contribution < 1.29 is 4.42 Å². The average Bonchev–Trinajstić information content (AvgIpc) is 2.58. The maximum Gasteiger partial charge on any atom is 0.137 e. The van der Waals surface area contributed by atoms with E-state index in [1.807, 2.05) is 7.05 Å². The molecule has 1 aromatic heterocycles. The highest BCUT2D eigenvalue weighted by Gasteiger charge is 2.16. The third-order valence-electron chi connectivity index (χ3n) is 3.08. The van der Waals surface area contributed by atoms with Crippen molar-refractivity contribution >= 4 is 26.9 Å². The maximum absolute atomic E-state index is 6.04. The fourth-order valence-corrected chi connectivity index (χ4v) is 2.93. The lowest BCUT2D eigenvalue weighted by atomic mass is 9.99. The third kappa shape index (κ3) is 2.62. The van der Waals surface area contributed by atoms with Crippen LogP contribution in [0.2, 0.25) is 0 Å². The summed E-state index contributed by atoms with van der Waals surface area (Å²) in [5.41, 5.74) is 3.56. The molecule has 0 aliphatic rings. The van der Waals surface area contributed by atoms with Crippen molar-refractivity contribution in [2.45, 2.75) is 33.7 Å². The molecule has 98 valence electrons. The highest BCUT2D eigenvalue weighted by Crippen LogP contribution is 2.32. The molecule has 0 atom stereocenters. The molecule has 0 unspecified atom stereocenters. The Balaban J connectivity index is 2.64. The summed E-state index contributed by atoms with van der Waals surface area (Å²) >= 11 is 3.57. The minimum atomic E-state index is 0.626. The van der Waals surface area contributed by atoms with Gasteiger partial charge in [-0.2, -0.15) is 0 Å². The number of furan rings is 1. The Morgan fingerprint density at radius 3 is 2.67 bits per heavy atom. The number of hydrogen-bond acceptors (Lipinski definition) is 2.